The lowest BCUT2D eigenvalue weighted by molar-refractivity contribution is 0.0950. The van der Waals surface area contributed by atoms with Crippen molar-refractivity contribution in [2.24, 2.45) is 5.10 Å². The predicted molar refractivity (Wildman–Crippen MR) is 115 cm³/mol. The number of aromatic nitrogens is 2. The Balaban J connectivity index is 1.65. The highest BCUT2D eigenvalue weighted by molar-refractivity contribution is 5.94. The van der Waals surface area contributed by atoms with E-state index in [1.54, 1.807) is 18.2 Å². The standard InChI is InChI=1S/C22H25N5O2/c1-4-27(5-2)18-11-10-17(21(28)12-18)14-23-26-22(29)20-13-19(24-25-20)16-8-6-15(3)7-9-16/h6-14,28H,4-5H2,1-3H3,(H,24,25)(H,26,29)/b23-14-. The van der Waals surface area contributed by atoms with Gasteiger partial charge < -0.3 is 10.0 Å². The first kappa shape index (κ1) is 20.1. The number of phenolic OH excluding ortho intramolecular Hbond substituents is 1. The number of amides is 1. The van der Waals surface area contributed by atoms with Crippen LogP contribution in [-0.4, -0.2) is 40.5 Å². The first-order valence-electron chi connectivity index (χ1n) is 9.55. The fraction of sp³-hybridized carbons (Fsp3) is 0.227. The smallest absolute Gasteiger partial charge is 0.289 e. The Bertz CT molecular complexity index is 1000. The molecule has 3 rings (SSSR count). The third-order valence-corrected chi connectivity index (χ3v) is 4.68. The number of benzene rings is 2. The number of aryl methyl sites for hydroxylation is 1. The van der Waals surface area contributed by atoms with E-state index in [2.05, 4.69) is 39.5 Å². The molecule has 3 aromatic rings. The van der Waals surface area contributed by atoms with Crippen LogP contribution in [-0.2, 0) is 0 Å². The number of H-pyrrole nitrogens is 1. The van der Waals surface area contributed by atoms with Gasteiger partial charge in [0.2, 0.25) is 0 Å². The highest BCUT2D eigenvalue weighted by Gasteiger charge is 2.11. The molecule has 0 unspecified atom stereocenters. The van der Waals surface area contributed by atoms with E-state index in [1.165, 1.54) is 6.21 Å². The summed E-state index contributed by atoms with van der Waals surface area (Å²) in [6, 6.07) is 14.9. The number of nitrogens with one attached hydrogen (secondary N) is 2. The number of hydrogen-bond acceptors (Lipinski definition) is 5. The van der Waals surface area contributed by atoms with Crippen molar-refractivity contribution in [3.05, 3.63) is 65.4 Å². The fourth-order valence-corrected chi connectivity index (χ4v) is 2.96. The van der Waals surface area contributed by atoms with Crippen LogP contribution in [0.4, 0.5) is 5.69 Å². The van der Waals surface area contributed by atoms with Crippen LogP contribution in [0.1, 0.15) is 35.5 Å². The maximum Gasteiger partial charge on any atom is 0.289 e. The largest absolute Gasteiger partial charge is 0.507 e. The highest BCUT2D eigenvalue weighted by atomic mass is 16.3. The minimum Gasteiger partial charge on any atom is -0.507 e. The van der Waals surface area contributed by atoms with E-state index in [0.29, 0.717) is 17.0 Å². The average Bonchev–Trinajstić information content (AvgIpc) is 3.21. The van der Waals surface area contributed by atoms with Gasteiger partial charge in [-0.05, 0) is 39.0 Å². The second-order valence-corrected chi connectivity index (χ2v) is 6.65. The van der Waals surface area contributed by atoms with Gasteiger partial charge in [0.05, 0.1) is 11.9 Å². The quantitative estimate of drug-likeness (QED) is 0.423. The summed E-state index contributed by atoms with van der Waals surface area (Å²) in [6.45, 7) is 7.85. The van der Waals surface area contributed by atoms with Gasteiger partial charge in [0.1, 0.15) is 11.4 Å². The first-order chi connectivity index (χ1) is 14.0. The van der Waals surface area contributed by atoms with Gasteiger partial charge in [-0.3, -0.25) is 9.89 Å². The molecular weight excluding hydrogens is 366 g/mol. The van der Waals surface area contributed by atoms with Crippen molar-refractivity contribution in [1.29, 1.82) is 0 Å². The zero-order chi connectivity index (χ0) is 20.8. The van der Waals surface area contributed by atoms with Crippen molar-refractivity contribution < 1.29 is 9.90 Å². The lowest BCUT2D eigenvalue weighted by Crippen LogP contribution is -2.21. The summed E-state index contributed by atoms with van der Waals surface area (Å²) in [5.74, 6) is -0.304. The fourth-order valence-electron chi connectivity index (χ4n) is 2.96. The number of aromatic amines is 1. The molecule has 0 saturated heterocycles. The number of carbonyl (C=O) groups excluding carboxylic acids is 1. The Labute approximate surface area is 170 Å². The summed E-state index contributed by atoms with van der Waals surface area (Å²) >= 11 is 0. The minimum absolute atomic E-state index is 0.107. The van der Waals surface area contributed by atoms with Crippen molar-refractivity contribution in [2.45, 2.75) is 20.8 Å². The van der Waals surface area contributed by atoms with Crippen molar-refractivity contribution in [3.8, 4) is 17.0 Å². The van der Waals surface area contributed by atoms with E-state index >= 15 is 0 Å². The van der Waals surface area contributed by atoms with Crippen LogP contribution in [0.3, 0.4) is 0 Å². The summed E-state index contributed by atoms with van der Waals surface area (Å²) in [6.07, 6.45) is 1.41. The Morgan fingerprint density at radius 1 is 1.17 bits per heavy atom. The van der Waals surface area contributed by atoms with Gasteiger partial charge in [0.15, 0.2) is 0 Å². The summed E-state index contributed by atoms with van der Waals surface area (Å²) in [7, 11) is 0. The van der Waals surface area contributed by atoms with E-state index in [4.69, 9.17) is 0 Å². The van der Waals surface area contributed by atoms with Crippen LogP contribution in [0, 0.1) is 6.92 Å². The molecule has 29 heavy (non-hydrogen) atoms. The topological polar surface area (TPSA) is 93.6 Å². The number of phenols is 1. The van der Waals surface area contributed by atoms with E-state index in [1.807, 2.05) is 37.3 Å². The molecular formula is C22H25N5O2. The number of hydrazone groups is 1. The second-order valence-electron chi connectivity index (χ2n) is 6.65. The number of carbonyl (C=O) groups is 1. The Morgan fingerprint density at radius 3 is 2.55 bits per heavy atom. The summed E-state index contributed by atoms with van der Waals surface area (Å²) in [5, 5.41) is 21.1. The van der Waals surface area contributed by atoms with Crippen LogP contribution in [0.15, 0.2) is 53.6 Å². The molecule has 7 heteroatoms. The van der Waals surface area contributed by atoms with Gasteiger partial charge in [0.25, 0.3) is 5.91 Å². The van der Waals surface area contributed by atoms with Crippen LogP contribution < -0.4 is 10.3 Å². The predicted octanol–water partition coefficient (Wildman–Crippen LogP) is 3.70. The summed E-state index contributed by atoms with van der Waals surface area (Å²) in [4.78, 5) is 14.4. The van der Waals surface area contributed by atoms with Crippen molar-refractivity contribution >= 4 is 17.8 Å². The molecule has 0 aliphatic heterocycles. The van der Waals surface area contributed by atoms with E-state index < -0.39 is 5.91 Å². The number of hydrogen-bond donors (Lipinski definition) is 3. The zero-order valence-corrected chi connectivity index (χ0v) is 16.8. The maximum absolute atomic E-state index is 12.3. The monoisotopic (exact) mass is 391 g/mol. The molecule has 1 heterocycles. The number of aromatic hydroxyl groups is 1. The van der Waals surface area contributed by atoms with E-state index in [0.717, 1.165) is 29.9 Å². The van der Waals surface area contributed by atoms with Crippen molar-refractivity contribution in [2.75, 3.05) is 18.0 Å². The minimum atomic E-state index is -0.411. The SMILES string of the molecule is CCN(CC)c1ccc(/C=N\NC(=O)c2cc(-c3ccc(C)cc3)n[nH]2)c(O)c1. The molecule has 0 radical (unpaired) electrons. The highest BCUT2D eigenvalue weighted by Crippen LogP contribution is 2.23. The number of rotatable bonds is 7. The molecule has 0 aliphatic carbocycles. The molecule has 3 N–H and O–H groups in total. The zero-order valence-electron chi connectivity index (χ0n) is 16.8. The molecule has 1 amide bonds. The summed E-state index contributed by atoms with van der Waals surface area (Å²) in [5.41, 5.74) is 6.97. The molecule has 150 valence electrons. The maximum atomic E-state index is 12.3. The molecule has 7 nitrogen and oxygen atoms in total. The lowest BCUT2D eigenvalue weighted by atomic mass is 10.1. The molecule has 0 aliphatic rings. The van der Waals surface area contributed by atoms with Crippen LogP contribution in [0.25, 0.3) is 11.3 Å². The third kappa shape index (κ3) is 4.82. The molecule has 0 atom stereocenters. The van der Waals surface area contributed by atoms with E-state index in [9.17, 15) is 9.90 Å². The molecule has 2 aromatic carbocycles. The molecule has 0 saturated carbocycles. The Hall–Kier alpha value is -3.61. The molecule has 0 bridgehead atoms. The van der Waals surface area contributed by atoms with Crippen LogP contribution >= 0.6 is 0 Å². The molecule has 0 fully saturated rings. The van der Waals surface area contributed by atoms with Crippen molar-refractivity contribution in [3.63, 3.8) is 0 Å². The number of nitrogens with zero attached hydrogens (tertiary/aromatic N) is 3. The summed E-state index contributed by atoms with van der Waals surface area (Å²) < 4.78 is 0. The normalized spacial score (nSPS) is 11.0. The Morgan fingerprint density at radius 2 is 1.90 bits per heavy atom. The van der Waals surface area contributed by atoms with Crippen molar-refractivity contribution in [1.82, 2.24) is 15.6 Å². The average molecular weight is 391 g/mol. The second kappa shape index (κ2) is 9.05. The van der Waals surface area contributed by atoms with Gasteiger partial charge >= 0.3 is 0 Å². The van der Waals surface area contributed by atoms with Crippen LogP contribution in [0.2, 0.25) is 0 Å². The lowest BCUT2D eigenvalue weighted by Gasteiger charge is -2.21. The first-order valence-corrected chi connectivity index (χ1v) is 9.55. The van der Waals surface area contributed by atoms with E-state index in [-0.39, 0.29) is 5.75 Å². The van der Waals surface area contributed by atoms with Gasteiger partial charge in [-0.2, -0.15) is 10.2 Å². The van der Waals surface area contributed by atoms with Gasteiger partial charge in [-0.15, -0.1) is 0 Å². The number of anilines is 1. The molecule has 1 aromatic heterocycles. The molecule has 0 spiro atoms. The van der Waals surface area contributed by atoms with Crippen LogP contribution in [0.5, 0.6) is 5.75 Å². The van der Waals surface area contributed by atoms with Gasteiger partial charge in [-0.1, -0.05) is 29.8 Å². The third-order valence-electron chi connectivity index (χ3n) is 4.68. The van der Waals surface area contributed by atoms with Gasteiger partial charge in [0, 0.05) is 36.0 Å². The Kier molecular flexibility index (Phi) is 6.29. The van der Waals surface area contributed by atoms with Gasteiger partial charge in [-0.25, -0.2) is 5.43 Å².